The molecule has 0 aliphatic heterocycles. The van der Waals surface area contributed by atoms with Gasteiger partial charge in [0.1, 0.15) is 0 Å². The highest BCUT2D eigenvalue weighted by Gasteiger charge is 2.41. The quantitative estimate of drug-likeness (QED) is 0.762. The third-order valence-corrected chi connectivity index (χ3v) is 2.99. The molecule has 0 radical (unpaired) electrons. The van der Waals surface area contributed by atoms with Crippen molar-refractivity contribution in [1.29, 1.82) is 0 Å². The fourth-order valence-electron chi connectivity index (χ4n) is 1.67. The number of rotatable bonds is 3. The Morgan fingerprint density at radius 1 is 1.54 bits per heavy atom. The van der Waals surface area contributed by atoms with Crippen LogP contribution in [0.1, 0.15) is 24.0 Å². The van der Waals surface area contributed by atoms with E-state index < -0.39 is 0 Å². The molecular weight excluding hydrogens is 162 g/mol. The maximum atomic E-state index is 9.19. The van der Waals surface area contributed by atoms with Gasteiger partial charge in [-0.1, -0.05) is 0 Å². The molecule has 13 heavy (non-hydrogen) atoms. The predicted molar refractivity (Wildman–Crippen MR) is 51.4 cm³/mol. The van der Waals surface area contributed by atoms with Crippen LogP contribution in [0.3, 0.4) is 0 Å². The Hall–Kier alpha value is -0.890. The van der Waals surface area contributed by atoms with Gasteiger partial charge in [-0.15, -0.1) is 0 Å². The SMILES string of the molecule is Cc1cnccc1CC1(CO)CC1. The average molecular weight is 177 g/mol. The Morgan fingerprint density at radius 2 is 2.31 bits per heavy atom. The van der Waals surface area contributed by atoms with Gasteiger partial charge in [0.05, 0.1) is 0 Å². The van der Waals surface area contributed by atoms with Gasteiger partial charge in [0, 0.05) is 19.0 Å². The van der Waals surface area contributed by atoms with E-state index >= 15 is 0 Å². The fraction of sp³-hybridized carbons (Fsp3) is 0.545. The van der Waals surface area contributed by atoms with Crippen molar-refractivity contribution in [2.75, 3.05) is 6.61 Å². The summed E-state index contributed by atoms with van der Waals surface area (Å²) in [6.45, 7) is 2.41. The average Bonchev–Trinajstić information content (AvgIpc) is 2.90. The van der Waals surface area contributed by atoms with Gasteiger partial charge in [-0.25, -0.2) is 0 Å². The van der Waals surface area contributed by atoms with Gasteiger partial charge in [-0.3, -0.25) is 4.98 Å². The minimum atomic E-state index is 0.214. The second kappa shape index (κ2) is 3.11. The second-order valence-corrected chi connectivity index (χ2v) is 4.14. The molecule has 1 aliphatic rings. The highest BCUT2D eigenvalue weighted by Crippen LogP contribution is 2.47. The predicted octanol–water partition coefficient (Wildman–Crippen LogP) is 1.71. The zero-order valence-corrected chi connectivity index (χ0v) is 7.95. The van der Waals surface area contributed by atoms with E-state index in [9.17, 15) is 5.11 Å². The van der Waals surface area contributed by atoms with Crippen molar-refractivity contribution in [3.63, 3.8) is 0 Å². The van der Waals surface area contributed by atoms with Gasteiger partial charge >= 0.3 is 0 Å². The van der Waals surface area contributed by atoms with Crippen LogP contribution in [0, 0.1) is 12.3 Å². The molecule has 1 saturated carbocycles. The minimum Gasteiger partial charge on any atom is -0.396 e. The summed E-state index contributed by atoms with van der Waals surface area (Å²) in [5.74, 6) is 0. The van der Waals surface area contributed by atoms with Crippen molar-refractivity contribution < 1.29 is 5.11 Å². The first kappa shape index (κ1) is 8.70. The van der Waals surface area contributed by atoms with Crippen molar-refractivity contribution in [2.45, 2.75) is 26.2 Å². The Balaban J connectivity index is 2.14. The molecule has 1 N–H and O–H groups in total. The maximum Gasteiger partial charge on any atom is 0.0490 e. The first-order valence-electron chi connectivity index (χ1n) is 4.76. The largest absolute Gasteiger partial charge is 0.396 e. The Labute approximate surface area is 78.6 Å². The number of hydrogen-bond acceptors (Lipinski definition) is 2. The van der Waals surface area contributed by atoms with Crippen LogP contribution in [0.2, 0.25) is 0 Å². The first-order valence-corrected chi connectivity index (χ1v) is 4.76. The standard InChI is InChI=1S/C11H15NO/c1-9-7-12-5-2-10(9)6-11(8-13)3-4-11/h2,5,7,13H,3-4,6,8H2,1H3. The zero-order chi connectivity index (χ0) is 9.31. The molecule has 2 heteroatoms. The Kier molecular flexibility index (Phi) is 2.08. The summed E-state index contributed by atoms with van der Waals surface area (Å²) >= 11 is 0. The van der Waals surface area contributed by atoms with E-state index in [4.69, 9.17) is 0 Å². The smallest absolute Gasteiger partial charge is 0.0490 e. The van der Waals surface area contributed by atoms with Gasteiger partial charge in [0.15, 0.2) is 0 Å². The summed E-state index contributed by atoms with van der Waals surface area (Å²) in [7, 11) is 0. The fourth-order valence-corrected chi connectivity index (χ4v) is 1.67. The van der Waals surface area contributed by atoms with E-state index in [0.29, 0.717) is 6.61 Å². The Morgan fingerprint density at radius 3 is 2.85 bits per heavy atom. The molecule has 1 aliphatic carbocycles. The molecule has 2 nitrogen and oxygen atoms in total. The van der Waals surface area contributed by atoms with Crippen molar-refractivity contribution in [1.82, 2.24) is 4.98 Å². The van der Waals surface area contributed by atoms with Crippen molar-refractivity contribution in [2.24, 2.45) is 5.41 Å². The number of hydrogen-bond donors (Lipinski definition) is 1. The number of nitrogens with zero attached hydrogens (tertiary/aromatic N) is 1. The zero-order valence-electron chi connectivity index (χ0n) is 7.95. The van der Waals surface area contributed by atoms with Crippen molar-refractivity contribution >= 4 is 0 Å². The lowest BCUT2D eigenvalue weighted by atomic mass is 9.96. The highest BCUT2D eigenvalue weighted by molar-refractivity contribution is 5.24. The van der Waals surface area contributed by atoms with Crippen molar-refractivity contribution in [3.05, 3.63) is 29.6 Å². The van der Waals surface area contributed by atoms with Crippen molar-refractivity contribution in [3.8, 4) is 0 Å². The van der Waals surface area contributed by atoms with E-state index in [1.807, 2.05) is 12.4 Å². The van der Waals surface area contributed by atoms with Crippen LogP contribution in [-0.4, -0.2) is 16.7 Å². The molecule has 0 bridgehead atoms. The molecule has 1 heterocycles. The van der Waals surface area contributed by atoms with E-state index in [0.717, 1.165) is 6.42 Å². The monoisotopic (exact) mass is 177 g/mol. The van der Waals surface area contributed by atoms with Crippen LogP contribution in [0.4, 0.5) is 0 Å². The normalized spacial score (nSPS) is 18.6. The van der Waals surface area contributed by atoms with Gasteiger partial charge in [-0.2, -0.15) is 0 Å². The van der Waals surface area contributed by atoms with Gasteiger partial charge in [0.2, 0.25) is 0 Å². The summed E-state index contributed by atoms with van der Waals surface area (Å²) in [6, 6.07) is 2.06. The molecule has 0 atom stereocenters. The summed E-state index contributed by atoms with van der Waals surface area (Å²) in [5, 5.41) is 9.19. The summed E-state index contributed by atoms with van der Waals surface area (Å²) < 4.78 is 0. The molecule has 0 aromatic carbocycles. The summed E-state index contributed by atoms with van der Waals surface area (Å²) in [4.78, 5) is 4.06. The lowest BCUT2D eigenvalue weighted by molar-refractivity contribution is 0.211. The number of aryl methyl sites for hydroxylation is 1. The van der Waals surface area contributed by atoms with E-state index in [2.05, 4.69) is 18.0 Å². The van der Waals surface area contributed by atoms with E-state index in [1.165, 1.54) is 24.0 Å². The van der Waals surface area contributed by atoms with E-state index in [-0.39, 0.29) is 5.41 Å². The van der Waals surface area contributed by atoms with Crippen LogP contribution in [0.25, 0.3) is 0 Å². The Bertz CT molecular complexity index is 305. The van der Waals surface area contributed by atoms with Crippen LogP contribution in [0.15, 0.2) is 18.5 Å². The molecule has 0 spiro atoms. The van der Waals surface area contributed by atoms with Crippen LogP contribution >= 0.6 is 0 Å². The molecule has 2 rings (SSSR count). The first-order chi connectivity index (χ1) is 6.26. The molecule has 1 aromatic rings. The molecule has 1 fully saturated rings. The molecule has 1 aromatic heterocycles. The van der Waals surface area contributed by atoms with Crippen LogP contribution in [0.5, 0.6) is 0 Å². The van der Waals surface area contributed by atoms with Gasteiger partial charge in [0.25, 0.3) is 0 Å². The topological polar surface area (TPSA) is 33.1 Å². The third kappa shape index (κ3) is 1.73. The van der Waals surface area contributed by atoms with Gasteiger partial charge in [-0.05, 0) is 48.8 Å². The summed E-state index contributed by atoms with van der Waals surface area (Å²) in [6.07, 6.45) is 7.08. The molecule has 0 unspecified atom stereocenters. The minimum absolute atomic E-state index is 0.214. The van der Waals surface area contributed by atoms with Crippen LogP contribution in [-0.2, 0) is 6.42 Å². The van der Waals surface area contributed by atoms with E-state index in [1.54, 1.807) is 0 Å². The molecular formula is C11H15NO. The van der Waals surface area contributed by atoms with Crippen LogP contribution < -0.4 is 0 Å². The maximum absolute atomic E-state index is 9.19. The second-order valence-electron chi connectivity index (χ2n) is 4.14. The number of aromatic nitrogens is 1. The number of aliphatic hydroxyl groups excluding tert-OH is 1. The number of aliphatic hydroxyl groups is 1. The van der Waals surface area contributed by atoms with Gasteiger partial charge < -0.3 is 5.11 Å². The molecule has 0 saturated heterocycles. The molecule has 0 amide bonds. The lowest BCUT2D eigenvalue weighted by Gasteiger charge is -2.12. The third-order valence-electron chi connectivity index (χ3n) is 2.99. The lowest BCUT2D eigenvalue weighted by Crippen LogP contribution is -2.10. The highest BCUT2D eigenvalue weighted by atomic mass is 16.3. The summed E-state index contributed by atoms with van der Waals surface area (Å²) in [5.41, 5.74) is 2.79. The molecule has 70 valence electrons. The number of pyridine rings is 1.